The van der Waals surface area contributed by atoms with Crippen molar-refractivity contribution in [3.8, 4) is 5.75 Å². The number of benzene rings is 2. The molecule has 0 aliphatic carbocycles. The molecular formula is C17H18O3S. The number of hydrogen-bond donors (Lipinski definition) is 1. The molecule has 2 aromatic rings. The molecule has 0 amide bonds. The number of carboxylic acid groups (broad SMARTS) is 1. The Morgan fingerprint density at radius 3 is 2.38 bits per heavy atom. The number of carboxylic acids is 1. The van der Waals surface area contributed by atoms with E-state index in [2.05, 4.69) is 12.1 Å². The van der Waals surface area contributed by atoms with Crippen LogP contribution in [0.2, 0.25) is 0 Å². The lowest BCUT2D eigenvalue weighted by Crippen LogP contribution is -1.99. The van der Waals surface area contributed by atoms with Crippen molar-refractivity contribution in [2.45, 2.75) is 17.7 Å². The van der Waals surface area contributed by atoms with Crippen LogP contribution in [0.4, 0.5) is 0 Å². The molecule has 0 aromatic heterocycles. The first-order valence-electron chi connectivity index (χ1n) is 6.90. The molecule has 0 atom stereocenters. The van der Waals surface area contributed by atoms with Crippen molar-refractivity contribution in [3.05, 3.63) is 60.2 Å². The lowest BCUT2D eigenvalue weighted by atomic mass is 10.2. The lowest BCUT2D eigenvalue weighted by molar-refractivity contribution is 0.0697. The maximum Gasteiger partial charge on any atom is 0.335 e. The van der Waals surface area contributed by atoms with Crippen LogP contribution in [-0.4, -0.2) is 23.4 Å². The first-order chi connectivity index (χ1) is 10.3. The van der Waals surface area contributed by atoms with E-state index in [4.69, 9.17) is 9.84 Å². The maximum absolute atomic E-state index is 10.7. The van der Waals surface area contributed by atoms with Gasteiger partial charge in [-0.2, -0.15) is 0 Å². The Labute approximate surface area is 129 Å². The highest BCUT2D eigenvalue weighted by molar-refractivity contribution is 7.99. The second kappa shape index (κ2) is 8.37. The fraction of sp³-hybridized carbons (Fsp3) is 0.235. The van der Waals surface area contributed by atoms with Crippen LogP contribution in [0.15, 0.2) is 59.5 Å². The van der Waals surface area contributed by atoms with Gasteiger partial charge in [-0.1, -0.05) is 18.2 Å². The van der Waals surface area contributed by atoms with E-state index in [0.717, 1.165) is 24.3 Å². The van der Waals surface area contributed by atoms with Gasteiger partial charge in [-0.3, -0.25) is 0 Å². The van der Waals surface area contributed by atoms with E-state index < -0.39 is 5.97 Å². The van der Waals surface area contributed by atoms with E-state index in [1.54, 1.807) is 24.3 Å². The molecule has 0 aliphatic heterocycles. The maximum atomic E-state index is 10.7. The fourth-order valence-electron chi connectivity index (χ4n) is 1.79. The number of unbranched alkanes of at least 4 members (excludes halogenated alkanes) is 1. The first kappa shape index (κ1) is 15.4. The Hall–Kier alpha value is -1.94. The van der Waals surface area contributed by atoms with E-state index >= 15 is 0 Å². The zero-order chi connectivity index (χ0) is 14.9. The van der Waals surface area contributed by atoms with E-state index in [9.17, 15) is 4.79 Å². The summed E-state index contributed by atoms with van der Waals surface area (Å²) < 4.78 is 5.59. The predicted molar refractivity (Wildman–Crippen MR) is 85.3 cm³/mol. The zero-order valence-electron chi connectivity index (χ0n) is 11.7. The van der Waals surface area contributed by atoms with Crippen molar-refractivity contribution < 1.29 is 14.6 Å². The number of thioether (sulfide) groups is 1. The third-order valence-electron chi connectivity index (χ3n) is 2.92. The van der Waals surface area contributed by atoms with Gasteiger partial charge >= 0.3 is 5.97 Å². The van der Waals surface area contributed by atoms with Gasteiger partial charge in [0.1, 0.15) is 5.75 Å². The van der Waals surface area contributed by atoms with E-state index in [1.807, 2.05) is 30.0 Å². The normalized spacial score (nSPS) is 10.3. The number of aromatic carboxylic acids is 1. The molecule has 0 saturated heterocycles. The van der Waals surface area contributed by atoms with Crippen LogP contribution in [0.5, 0.6) is 5.75 Å². The molecule has 2 rings (SSSR count). The minimum Gasteiger partial charge on any atom is -0.494 e. The number of carbonyl (C=O) groups is 1. The average Bonchev–Trinajstić information content (AvgIpc) is 2.52. The standard InChI is InChI=1S/C17H18O3S/c18-17(19)14-8-10-15(11-9-14)20-12-4-5-13-21-16-6-2-1-3-7-16/h1-3,6-11H,4-5,12-13H2,(H,18,19). The van der Waals surface area contributed by atoms with Crippen molar-refractivity contribution >= 4 is 17.7 Å². The summed E-state index contributed by atoms with van der Waals surface area (Å²) in [5, 5.41) is 8.80. The summed E-state index contributed by atoms with van der Waals surface area (Å²) in [4.78, 5) is 12.0. The van der Waals surface area contributed by atoms with Gasteiger partial charge in [-0.05, 0) is 55.0 Å². The van der Waals surface area contributed by atoms with Gasteiger partial charge < -0.3 is 9.84 Å². The Kier molecular flexibility index (Phi) is 6.16. The molecule has 0 saturated carbocycles. The average molecular weight is 302 g/mol. The largest absolute Gasteiger partial charge is 0.494 e. The summed E-state index contributed by atoms with van der Waals surface area (Å²) in [5.41, 5.74) is 0.279. The molecule has 3 nitrogen and oxygen atoms in total. The topological polar surface area (TPSA) is 46.5 Å². The minimum absolute atomic E-state index is 0.279. The molecule has 0 unspecified atom stereocenters. The van der Waals surface area contributed by atoms with Crippen LogP contribution in [0.3, 0.4) is 0 Å². The monoisotopic (exact) mass is 302 g/mol. The highest BCUT2D eigenvalue weighted by Gasteiger charge is 2.02. The number of rotatable bonds is 8. The zero-order valence-corrected chi connectivity index (χ0v) is 12.5. The predicted octanol–water partition coefficient (Wildman–Crippen LogP) is 4.34. The van der Waals surface area contributed by atoms with E-state index in [1.165, 1.54) is 4.90 Å². The van der Waals surface area contributed by atoms with Crippen LogP contribution < -0.4 is 4.74 Å². The number of ether oxygens (including phenoxy) is 1. The van der Waals surface area contributed by atoms with Crippen LogP contribution >= 0.6 is 11.8 Å². The van der Waals surface area contributed by atoms with Gasteiger partial charge in [-0.15, -0.1) is 11.8 Å². The van der Waals surface area contributed by atoms with Gasteiger partial charge in [0, 0.05) is 4.90 Å². The van der Waals surface area contributed by atoms with Crippen molar-refractivity contribution in [2.24, 2.45) is 0 Å². The van der Waals surface area contributed by atoms with Crippen LogP contribution in [0, 0.1) is 0 Å². The van der Waals surface area contributed by atoms with Crippen LogP contribution in [-0.2, 0) is 0 Å². The second-order valence-electron chi connectivity index (χ2n) is 4.55. The van der Waals surface area contributed by atoms with Crippen molar-refractivity contribution in [2.75, 3.05) is 12.4 Å². The summed E-state index contributed by atoms with van der Waals surface area (Å²) in [6, 6.07) is 16.9. The molecule has 0 aliphatic rings. The Balaban J connectivity index is 1.60. The lowest BCUT2D eigenvalue weighted by Gasteiger charge is -2.06. The van der Waals surface area contributed by atoms with Gasteiger partial charge in [0.05, 0.1) is 12.2 Å². The molecule has 1 N–H and O–H groups in total. The Morgan fingerprint density at radius 1 is 1.00 bits per heavy atom. The quantitative estimate of drug-likeness (QED) is 0.582. The smallest absolute Gasteiger partial charge is 0.335 e. The minimum atomic E-state index is -0.917. The molecule has 0 bridgehead atoms. The van der Waals surface area contributed by atoms with Gasteiger partial charge in [0.25, 0.3) is 0 Å². The first-order valence-corrected chi connectivity index (χ1v) is 7.88. The SMILES string of the molecule is O=C(O)c1ccc(OCCCCSc2ccccc2)cc1. The van der Waals surface area contributed by atoms with Crippen molar-refractivity contribution in [1.29, 1.82) is 0 Å². The third-order valence-corrected chi connectivity index (χ3v) is 4.02. The Morgan fingerprint density at radius 2 is 1.71 bits per heavy atom. The van der Waals surface area contributed by atoms with Gasteiger partial charge in [-0.25, -0.2) is 4.79 Å². The van der Waals surface area contributed by atoms with E-state index in [-0.39, 0.29) is 5.56 Å². The summed E-state index contributed by atoms with van der Waals surface area (Å²) in [7, 11) is 0. The molecular weight excluding hydrogens is 284 g/mol. The third kappa shape index (κ3) is 5.52. The molecule has 21 heavy (non-hydrogen) atoms. The number of hydrogen-bond acceptors (Lipinski definition) is 3. The van der Waals surface area contributed by atoms with Crippen LogP contribution in [0.25, 0.3) is 0 Å². The van der Waals surface area contributed by atoms with Gasteiger partial charge in [0.15, 0.2) is 0 Å². The summed E-state index contributed by atoms with van der Waals surface area (Å²) in [5.74, 6) is 0.876. The summed E-state index contributed by atoms with van der Waals surface area (Å²) >= 11 is 1.85. The molecule has 0 heterocycles. The second-order valence-corrected chi connectivity index (χ2v) is 5.71. The highest BCUT2D eigenvalue weighted by atomic mass is 32.2. The van der Waals surface area contributed by atoms with Crippen molar-refractivity contribution in [3.63, 3.8) is 0 Å². The molecule has 2 aromatic carbocycles. The summed E-state index contributed by atoms with van der Waals surface area (Å²) in [6.07, 6.45) is 2.08. The van der Waals surface area contributed by atoms with E-state index in [0.29, 0.717) is 6.61 Å². The molecule has 0 radical (unpaired) electrons. The molecule has 0 fully saturated rings. The van der Waals surface area contributed by atoms with Crippen molar-refractivity contribution in [1.82, 2.24) is 0 Å². The van der Waals surface area contributed by atoms with Gasteiger partial charge in [0.2, 0.25) is 0 Å². The summed E-state index contributed by atoms with van der Waals surface area (Å²) in [6.45, 7) is 0.655. The molecule has 0 spiro atoms. The molecule has 110 valence electrons. The Bertz CT molecular complexity index is 552. The fourth-order valence-corrected chi connectivity index (χ4v) is 2.73. The molecule has 4 heteroatoms. The van der Waals surface area contributed by atoms with Crippen LogP contribution in [0.1, 0.15) is 23.2 Å². The highest BCUT2D eigenvalue weighted by Crippen LogP contribution is 2.18.